The standard InChI is InChI=1S/C16H26N2O/c1-13-5-4-6-15(9-13)11-18(3)16(12-17)7-8-19-14(2)10-16/h4-6,9,14H,7-8,10-12,17H2,1-3H3. The van der Waals surface area contributed by atoms with Crippen molar-refractivity contribution < 1.29 is 4.74 Å². The highest BCUT2D eigenvalue weighted by atomic mass is 16.5. The van der Waals surface area contributed by atoms with E-state index in [0.717, 1.165) is 26.0 Å². The quantitative estimate of drug-likeness (QED) is 0.905. The molecule has 1 aliphatic heterocycles. The molecular formula is C16H26N2O. The van der Waals surface area contributed by atoms with Gasteiger partial charge in [0.15, 0.2) is 0 Å². The van der Waals surface area contributed by atoms with Gasteiger partial charge < -0.3 is 10.5 Å². The maximum Gasteiger partial charge on any atom is 0.0565 e. The van der Waals surface area contributed by atoms with Crippen molar-refractivity contribution in [2.75, 3.05) is 20.2 Å². The molecule has 19 heavy (non-hydrogen) atoms. The number of hydrogen-bond acceptors (Lipinski definition) is 3. The van der Waals surface area contributed by atoms with Crippen molar-refractivity contribution in [3.63, 3.8) is 0 Å². The number of likely N-dealkylation sites (N-methyl/N-ethyl adjacent to an activating group) is 1. The second kappa shape index (κ2) is 6.04. The van der Waals surface area contributed by atoms with Gasteiger partial charge in [0.25, 0.3) is 0 Å². The van der Waals surface area contributed by atoms with E-state index in [1.165, 1.54) is 11.1 Å². The molecular weight excluding hydrogens is 236 g/mol. The van der Waals surface area contributed by atoms with E-state index in [1.807, 2.05) is 0 Å². The van der Waals surface area contributed by atoms with Crippen molar-refractivity contribution in [2.45, 2.75) is 44.9 Å². The summed E-state index contributed by atoms with van der Waals surface area (Å²) in [7, 11) is 2.19. The Hall–Kier alpha value is -0.900. The molecule has 0 aliphatic carbocycles. The van der Waals surface area contributed by atoms with Crippen LogP contribution in [0.1, 0.15) is 30.9 Å². The van der Waals surface area contributed by atoms with E-state index in [2.05, 4.69) is 50.1 Å². The van der Waals surface area contributed by atoms with Crippen LogP contribution >= 0.6 is 0 Å². The summed E-state index contributed by atoms with van der Waals surface area (Å²) in [4.78, 5) is 2.42. The molecule has 1 aliphatic rings. The molecule has 0 aromatic heterocycles. The first kappa shape index (κ1) is 14.5. The van der Waals surface area contributed by atoms with Gasteiger partial charge in [-0.15, -0.1) is 0 Å². The van der Waals surface area contributed by atoms with Crippen molar-refractivity contribution in [1.82, 2.24) is 4.90 Å². The lowest BCUT2D eigenvalue weighted by molar-refractivity contribution is -0.0584. The highest BCUT2D eigenvalue weighted by Crippen LogP contribution is 2.30. The topological polar surface area (TPSA) is 38.5 Å². The summed E-state index contributed by atoms with van der Waals surface area (Å²) in [6.45, 7) is 6.74. The summed E-state index contributed by atoms with van der Waals surface area (Å²) in [5.41, 5.74) is 8.84. The first-order valence-electron chi connectivity index (χ1n) is 7.14. The van der Waals surface area contributed by atoms with Gasteiger partial charge in [0.1, 0.15) is 0 Å². The fourth-order valence-corrected chi connectivity index (χ4v) is 3.09. The van der Waals surface area contributed by atoms with Gasteiger partial charge >= 0.3 is 0 Å². The van der Waals surface area contributed by atoms with Crippen molar-refractivity contribution in [3.8, 4) is 0 Å². The number of rotatable bonds is 4. The van der Waals surface area contributed by atoms with Gasteiger partial charge in [-0.2, -0.15) is 0 Å². The van der Waals surface area contributed by atoms with Crippen LogP contribution in [-0.4, -0.2) is 36.7 Å². The Labute approximate surface area is 116 Å². The largest absolute Gasteiger partial charge is 0.378 e. The van der Waals surface area contributed by atoms with Crippen LogP contribution in [0.3, 0.4) is 0 Å². The van der Waals surface area contributed by atoms with Crippen LogP contribution in [0.2, 0.25) is 0 Å². The summed E-state index contributed by atoms with van der Waals surface area (Å²) in [5.74, 6) is 0. The number of ether oxygens (including phenoxy) is 1. The highest BCUT2D eigenvalue weighted by Gasteiger charge is 2.37. The Bertz CT molecular complexity index is 421. The van der Waals surface area contributed by atoms with E-state index in [4.69, 9.17) is 10.5 Å². The average Bonchev–Trinajstić information content (AvgIpc) is 2.38. The van der Waals surface area contributed by atoms with Gasteiger partial charge in [0.05, 0.1) is 6.10 Å². The lowest BCUT2D eigenvalue weighted by Gasteiger charge is -2.46. The number of aryl methyl sites for hydroxylation is 1. The molecule has 3 nitrogen and oxygen atoms in total. The number of hydrogen-bond donors (Lipinski definition) is 1. The molecule has 1 saturated heterocycles. The molecule has 2 rings (SSSR count). The molecule has 2 N–H and O–H groups in total. The molecule has 0 bridgehead atoms. The Morgan fingerprint density at radius 2 is 2.26 bits per heavy atom. The van der Waals surface area contributed by atoms with Gasteiger partial charge in [-0.25, -0.2) is 0 Å². The monoisotopic (exact) mass is 262 g/mol. The van der Waals surface area contributed by atoms with Crippen molar-refractivity contribution >= 4 is 0 Å². The molecule has 1 aromatic carbocycles. The minimum atomic E-state index is 0.0847. The fraction of sp³-hybridized carbons (Fsp3) is 0.625. The molecule has 0 radical (unpaired) electrons. The minimum Gasteiger partial charge on any atom is -0.378 e. The number of benzene rings is 1. The Balaban J connectivity index is 2.10. The third-order valence-electron chi connectivity index (χ3n) is 4.33. The molecule has 1 heterocycles. The van der Waals surface area contributed by atoms with Gasteiger partial charge in [0.2, 0.25) is 0 Å². The first-order chi connectivity index (χ1) is 9.05. The van der Waals surface area contributed by atoms with Gasteiger partial charge in [-0.05, 0) is 39.3 Å². The van der Waals surface area contributed by atoms with Crippen LogP contribution < -0.4 is 5.73 Å². The van der Waals surface area contributed by atoms with E-state index >= 15 is 0 Å². The molecule has 2 unspecified atom stereocenters. The fourth-order valence-electron chi connectivity index (χ4n) is 3.09. The second-order valence-corrected chi connectivity index (χ2v) is 5.91. The van der Waals surface area contributed by atoms with Crippen LogP contribution in [-0.2, 0) is 11.3 Å². The van der Waals surface area contributed by atoms with E-state index in [1.54, 1.807) is 0 Å². The molecule has 1 aromatic rings. The molecule has 0 saturated carbocycles. The maximum absolute atomic E-state index is 6.09. The van der Waals surface area contributed by atoms with Crippen LogP contribution in [0.5, 0.6) is 0 Å². The van der Waals surface area contributed by atoms with E-state index in [-0.39, 0.29) is 5.54 Å². The predicted octanol–water partition coefficient (Wildman–Crippen LogP) is 2.32. The van der Waals surface area contributed by atoms with Gasteiger partial charge in [0, 0.05) is 25.2 Å². The predicted molar refractivity (Wildman–Crippen MR) is 79.1 cm³/mol. The lowest BCUT2D eigenvalue weighted by atomic mass is 9.85. The SMILES string of the molecule is Cc1cccc(CN(C)C2(CN)CCOC(C)C2)c1. The molecule has 0 amide bonds. The van der Waals surface area contributed by atoms with Crippen molar-refractivity contribution in [1.29, 1.82) is 0 Å². The van der Waals surface area contributed by atoms with Gasteiger partial charge in [-0.3, -0.25) is 4.90 Å². The second-order valence-electron chi connectivity index (χ2n) is 5.91. The Morgan fingerprint density at radius 1 is 1.47 bits per heavy atom. The molecule has 2 atom stereocenters. The smallest absolute Gasteiger partial charge is 0.0565 e. The van der Waals surface area contributed by atoms with Crippen LogP contribution in [0.25, 0.3) is 0 Å². The summed E-state index contributed by atoms with van der Waals surface area (Å²) in [5, 5.41) is 0. The van der Waals surface area contributed by atoms with Crippen molar-refractivity contribution in [3.05, 3.63) is 35.4 Å². The molecule has 3 heteroatoms. The Morgan fingerprint density at radius 3 is 2.89 bits per heavy atom. The number of nitrogens with zero attached hydrogens (tertiary/aromatic N) is 1. The third-order valence-corrected chi connectivity index (χ3v) is 4.33. The van der Waals surface area contributed by atoms with Crippen LogP contribution in [0, 0.1) is 6.92 Å². The zero-order valence-corrected chi connectivity index (χ0v) is 12.4. The lowest BCUT2D eigenvalue weighted by Crippen LogP contribution is -2.56. The molecule has 1 fully saturated rings. The zero-order chi connectivity index (χ0) is 13.9. The number of nitrogens with two attached hydrogens (primary N) is 1. The first-order valence-corrected chi connectivity index (χ1v) is 7.14. The maximum atomic E-state index is 6.09. The minimum absolute atomic E-state index is 0.0847. The van der Waals surface area contributed by atoms with Gasteiger partial charge in [-0.1, -0.05) is 29.8 Å². The van der Waals surface area contributed by atoms with Crippen LogP contribution in [0.15, 0.2) is 24.3 Å². The highest BCUT2D eigenvalue weighted by molar-refractivity contribution is 5.22. The third kappa shape index (κ3) is 3.35. The van der Waals surface area contributed by atoms with Crippen LogP contribution in [0.4, 0.5) is 0 Å². The zero-order valence-electron chi connectivity index (χ0n) is 12.4. The summed E-state index contributed by atoms with van der Waals surface area (Å²) >= 11 is 0. The normalized spacial score (nSPS) is 27.7. The molecule has 0 spiro atoms. The summed E-state index contributed by atoms with van der Waals surface area (Å²) in [6, 6.07) is 8.71. The summed E-state index contributed by atoms with van der Waals surface area (Å²) < 4.78 is 5.67. The summed E-state index contributed by atoms with van der Waals surface area (Å²) in [6.07, 6.45) is 2.35. The average molecular weight is 262 g/mol. The van der Waals surface area contributed by atoms with E-state index in [9.17, 15) is 0 Å². The van der Waals surface area contributed by atoms with E-state index in [0.29, 0.717) is 12.6 Å². The van der Waals surface area contributed by atoms with E-state index < -0.39 is 0 Å². The molecule has 106 valence electrons. The Kier molecular flexibility index (Phi) is 4.61. The van der Waals surface area contributed by atoms with Crippen molar-refractivity contribution in [2.24, 2.45) is 5.73 Å².